The predicted octanol–water partition coefficient (Wildman–Crippen LogP) is 9.09. The summed E-state index contributed by atoms with van der Waals surface area (Å²) in [5.74, 6) is 2.46. The molecule has 4 aliphatic rings. The van der Waals surface area contributed by atoms with Crippen molar-refractivity contribution in [1.82, 2.24) is 0 Å². The molecule has 326 valence electrons. The predicted molar refractivity (Wildman–Crippen MR) is 232 cm³/mol. The molecular formula is C49H62N2O10+2. The van der Waals surface area contributed by atoms with Gasteiger partial charge in [0.05, 0.1) is 60.7 Å². The molecule has 6 bridgehead atoms. The van der Waals surface area contributed by atoms with E-state index >= 15 is 0 Å². The van der Waals surface area contributed by atoms with Crippen LogP contribution in [0.15, 0.2) is 60.7 Å². The van der Waals surface area contributed by atoms with Gasteiger partial charge in [-0.3, -0.25) is 0 Å². The van der Waals surface area contributed by atoms with Gasteiger partial charge in [-0.25, -0.2) is 9.59 Å². The minimum Gasteiger partial charge on any atom is -0.493 e. The van der Waals surface area contributed by atoms with Gasteiger partial charge in [-0.2, -0.15) is 0 Å². The van der Waals surface area contributed by atoms with E-state index in [4.69, 9.17) is 28.4 Å². The standard InChI is InChI=1S/C49H60N2O10/c1-9-12-23-59-46-44(58-8)28-33-20-22-51(5,37(11-3)49(54)55)39-25-31-15-18-40(56-6)42(26-31)60-34-16-13-30(14-17-34)24-38-35-29-43(61-47(46)45(33)39)41(57-7)27-32(35)19-21-50(38,4)36(10-2)48(52)53/h13-18,26-29,36-39H,9-12,19-25H2,1-8H3/p+2. The maximum absolute atomic E-state index is 13.2. The van der Waals surface area contributed by atoms with E-state index in [1.165, 1.54) is 0 Å². The number of unbranched alkanes of at least 4 members (excludes halogenated alkanes) is 1. The summed E-state index contributed by atoms with van der Waals surface area (Å²) >= 11 is 0. The topological polar surface area (TPSA) is 130 Å². The van der Waals surface area contributed by atoms with E-state index < -0.39 is 30.1 Å². The van der Waals surface area contributed by atoms with E-state index in [1.54, 1.807) is 21.3 Å². The fourth-order valence-corrected chi connectivity index (χ4v) is 10.4. The second-order valence-corrected chi connectivity index (χ2v) is 17.2. The summed E-state index contributed by atoms with van der Waals surface area (Å²) in [6.45, 7) is 7.59. The Bertz CT molecular complexity index is 2260. The first-order valence-electron chi connectivity index (χ1n) is 21.7. The van der Waals surface area contributed by atoms with Crippen molar-refractivity contribution in [2.75, 3.05) is 55.1 Å². The number of benzene rings is 4. The van der Waals surface area contributed by atoms with Crippen molar-refractivity contribution in [3.8, 4) is 46.0 Å². The van der Waals surface area contributed by atoms with Crippen LogP contribution in [0.5, 0.6) is 46.0 Å². The Balaban J connectivity index is 1.56. The molecule has 0 saturated heterocycles. The number of carboxylic acid groups (broad SMARTS) is 2. The van der Waals surface area contributed by atoms with Crippen molar-refractivity contribution in [3.63, 3.8) is 0 Å². The molecule has 8 rings (SSSR count). The molecule has 6 atom stereocenters. The zero-order valence-corrected chi connectivity index (χ0v) is 36.9. The van der Waals surface area contributed by atoms with Gasteiger partial charge in [0, 0.05) is 44.1 Å². The fraction of sp³-hybridized carbons (Fsp3) is 0.469. The van der Waals surface area contributed by atoms with Crippen LogP contribution in [0.3, 0.4) is 0 Å². The average Bonchev–Trinajstić information content (AvgIpc) is 3.24. The summed E-state index contributed by atoms with van der Waals surface area (Å²) in [6, 6.07) is 17.9. The molecule has 4 heterocycles. The lowest BCUT2D eigenvalue weighted by molar-refractivity contribution is -0.956. The molecule has 0 radical (unpaired) electrons. The molecule has 4 aliphatic heterocycles. The Morgan fingerprint density at radius 1 is 0.705 bits per heavy atom. The zero-order valence-electron chi connectivity index (χ0n) is 36.9. The normalized spacial score (nSPS) is 22.6. The average molecular weight is 839 g/mol. The van der Waals surface area contributed by atoms with Crippen LogP contribution in [0.1, 0.15) is 91.9 Å². The van der Waals surface area contributed by atoms with Crippen LogP contribution in [-0.4, -0.2) is 98.3 Å². The third-order valence-corrected chi connectivity index (χ3v) is 13.8. The Morgan fingerprint density at radius 3 is 1.89 bits per heavy atom. The summed E-state index contributed by atoms with van der Waals surface area (Å²) < 4.78 is 39.1. The van der Waals surface area contributed by atoms with Gasteiger partial charge >= 0.3 is 11.9 Å². The van der Waals surface area contributed by atoms with Gasteiger partial charge in [-0.1, -0.05) is 45.4 Å². The smallest absolute Gasteiger partial charge is 0.362 e. The van der Waals surface area contributed by atoms with Gasteiger partial charge in [0.1, 0.15) is 17.8 Å². The lowest BCUT2D eigenvalue weighted by Gasteiger charge is -2.49. The summed E-state index contributed by atoms with van der Waals surface area (Å²) in [5, 5.41) is 21.5. The number of quaternary nitrogens is 2. The summed E-state index contributed by atoms with van der Waals surface area (Å²) in [7, 11) is 8.98. The highest BCUT2D eigenvalue weighted by Crippen LogP contribution is 2.55. The monoisotopic (exact) mass is 838 g/mol. The highest BCUT2D eigenvalue weighted by molar-refractivity contribution is 5.73. The van der Waals surface area contributed by atoms with E-state index in [9.17, 15) is 19.8 Å². The van der Waals surface area contributed by atoms with E-state index in [0.717, 1.165) is 46.2 Å². The number of aliphatic carboxylic acids is 2. The van der Waals surface area contributed by atoms with Crippen LogP contribution in [0.2, 0.25) is 0 Å². The molecule has 12 nitrogen and oxygen atoms in total. The molecule has 0 aromatic heterocycles. The SMILES string of the molecule is CCCCOc1c(OC)cc2c3c1Oc1cc4c(cc1OC)CC[N+](C)(C(CC)C(=O)O)C4Cc1ccc(cc1)Oc1cc(ccc1OC)CC3[N+](C)(C(CC)C(=O)O)CC2. The first-order chi connectivity index (χ1) is 29.3. The molecule has 0 saturated carbocycles. The van der Waals surface area contributed by atoms with Gasteiger partial charge in [0.25, 0.3) is 0 Å². The zero-order chi connectivity index (χ0) is 43.6. The maximum atomic E-state index is 13.2. The van der Waals surface area contributed by atoms with E-state index in [2.05, 4.69) is 14.0 Å². The molecule has 12 heteroatoms. The number of likely N-dealkylation sites (N-methyl/N-ethyl adjacent to an activating group) is 2. The number of nitrogens with zero attached hydrogens (tertiary/aromatic N) is 2. The molecule has 0 spiro atoms. The molecule has 0 aliphatic carbocycles. The molecular weight excluding hydrogens is 777 g/mol. The number of carbonyl (C=O) groups is 2. The van der Waals surface area contributed by atoms with Crippen molar-refractivity contribution < 1.29 is 57.2 Å². The van der Waals surface area contributed by atoms with E-state index in [-0.39, 0.29) is 10.5 Å². The van der Waals surface area contributed by atoms with E-state index in [1.807, 2.05) is 81.6 Å². The van der Waals surface area contributed by atoms with Crippen LogP contribution < -0.4 is 28.4 Å². The number of ether oxygens (including phenoxy) is 6. The highest BCUT2D eigenvalue weighted by atomic mass is 16.6. The van der Waals surface area contributed by atoms with Crippen LogP contribution >= 0.6 is 0 Å². The van der Waals surface area contributed by atoms with Gasteiger partial charge in [-0.05, 0) is 71.1 Å². The van der Waals surface area contributed by atoms with Crippen LogP contribution in [0.4, 0.5) is 0 Å². The summed E-state index contributed by atoms with van der Waals surface area (Å²) in [4.78, 5) is 26.3. The van der Waals surface area contributed by atoms with Crippen molar-refractivity contribution in [2.45, 2.75) is 96.3 Å². The van der Waals surface area contributed by atoms with Crippen LogP contribution in [-0.2, 0) is 35.3 Å². The Morgan fingerprint density at radius 2 is 1.28 bits per heavy atom. The van der Waals surface area contributed by atoms with Crippen molar-refractivity contribution in [2.24, 2.45) is 0 Å². The van der Waals surface area contributed by atoms with Crippen LogP contribution in [0, 0.1) is 0 Å². The minimum atomic E-state index is -0.860. The second-order valence-electron chi connectivity index (χ2n) is 17.2. The molecule has 0 amide bonds. The van der Waals surface area contributed by atoms with Gasteiger partial charge < -0.3 is 47.6 Å². The number of carboxylic acids is 2. The van der Waals surface area contributed by atoms with Gasteiger partial charge in [0.15, 0.2) is 46.6 Å². The number of fused-ring (bicyclic) bond motifs is 2. The third kappa shape index (κ3) is 8.08. The third-order valence-electron chi connectivity index (χ3n) is 13.8. The lowest BCUT2D eigenvalue weighted by atomic mass is 9.83. The molecule has 0 fully saturated rings. The quantitative estimate of drug-likeness (QED) is 0.0994. The molecule has 6 unspecified atom stereocenters. The Kier molecular flexibility index (Phi) is 12.8. The second kappa shape index (κ2) is 17.9. The van der Waals surface area contributed by atoms with Gasteiger partial charge in [0.2, 0.25) is 5.75 Å². The first kappa shape index (κ1) is 43.6. The minimum absolute atomic E-state index is 0.215. The molecule has 4 aromatic rings. The maximum Gasteiger partial charge on any atom is 0.362 e. The van der Waals surface area contributed by atoms with Crippen molar-refractivity contribution in [1.29, 1.82) is 0 Å². The Hall–Kier alpha value is -5.46. The number of methoxy groups -OCH3 is 3. The first-order valence-corrected chi connectivity index (χ1v) is 21.7. The highest BCUT2D eigenvalue weighted by Gasteiger charge is 2.51. The fourth-order valence-electron chi connectivity index (χ4n) is 10.4. The van der Waals surface area contributed by atoms with Gasteiger partial charge in [-0.15, -0.1) is 0 Å². The largest absolute Gasteiger partial charge is 0.493 e. The molecule has 61 heavy (non-hydrogen) atoms. The molecule has 2 N–H and O–H groups in total. The number of hydrogen-bond donors (Lipinski definition) is 2. The van der Waals surface area contributed by atoms with Crippen molar-refractivity contribution >= 4 is 11.9 Å². The number of hydrogen-bond acceptors (Lipinski definition) is 8. The lowest BCUT2D eigenvalue weighted by Crippen LogP contribution is -2.60. The summed E-state index contributed by atoms with van der Waals surface area (Å²) in [5.41, 5.74) is 5.87. The van der Waals surface area contributed by atoms with Crippen molar-refractivity contribution in [3.05, 3.63) is 94.0 Å². The Labute approximate surface area is 359 Å². The summed E-state index contributed by atoms with van der Waals surface area (Å²) in [6.07, 6.45) is 4.82. The van der Waals surface area contributed by atoms with Crippen LogP contribution in [0.25, 0.3) is 0 Å². The molecule has 4 aromatic carbocycles. The van der Waals surface area contributed by atoms with E-state index in [0.29, 0.717) is 109 Å². The number of rotatable bonds is 13.